The lowest BCUT2D eigenvalue weighted by molar-refractivity contribution is 0.501. The molecule has 0 unspecified atom stereocenters. The third-order valence-corrected chi connectivity index (χ3v) is 0. The molecule has 0 heterocycles. The van der Waals surface area contributed by atoms with Gasteiger partial charge in [0.25, 0.3) is 0 Å². The Kier molecular flexibility index (Phi) is 6.59. The molecule has 0 fully saturated rings. The Bertz CT molecular complexity index is 130. The summed E-state index contributed by atoms with van der Waals surface area (Å²) < 4.78 is 25.2. The summed E-state index contributed by atoms with van der Waals surface area (Å²) in [5, 5.41) is 0. The largest absolute Gasteiger partial charge is 0.353 e. The van der Waals surface area contributed by atoms with Gasteiger partial charge in [-0.3, -0.25) is 4.55 Å². The van der Waals surface area contributed by atoms with Gasteiger partial charge in [0.05, 0.1) is 0 Å². The van der Waals surface area contributed by atoms with Crippen molar-refractivity contribution in [2.75, 3.05) is 0 Å². The molecule has 3 N–H and O–H groups in total. The molecule has 0 aliphatic carbocycles. The smallest absolute Gasteiger partial charge is 0.328 e. The van der Waals surface area contributed by atoms with Crippen LogP contribution < -0.4 is 5.73 Å². The van der Waals surface area contributed by atoms with Crippen LogP contribution in [0, 0.1) is 0 Å². The summed E-state index contributed by atoms with van der Waals surface area (Å²) in [6, 6.07) is 0.333. The normalized spacial score (nSPS) is 10.4. The van der Waals surface area contributed by atoms with E-state index in [0.717, 1.165) is 0 Å². The van der Waals surface area contributed by atoms with Crippen molar-refractivity contribution in [1.82, 2.24) is 0 Å². The van der Waals surface area contributed by atoms with Crippen LogP contribution in [0.25, 0.3) is 0 Å². The van der Waals surface area contributed by atoms with E-state index < -0.39 is 9.33 Å². The monoisotopic (exact) mass is 175 g/mol. The first-order valence-corrected chi connectivity index (χ1v) is 4.42. The first-order valence-electron chi connectivity index (χ1n) is 2.16. The van der Waals surface area contributed by atoms with Crippen LogP contribution in [-0.4, -0.2) is 19.0 Å². The molecule has 0 aromatic rings. The van der Waals surface area contributed by atoms with Gasteiger partial charge in [0.2, 0.25) is 0 Å². The van der Waals surface area contributed by atoms with E-state index in [0.29, 0.717) is 6.04 Å². The maximum atomic E-state index is 8.95. The summed E-state index contributed by atoms with van der Waals surface area (Å²) >= 11 is 0. The molecule has 9 heavy (non-hydrogen) atoms. The first kappa shape index (κ1) is 11.9. The number of hydrogen-bond acceptors (Lipinski definition) is 3. The molecule has 58 valence electrons. The van der Waals surface area contributed by atoms with Crippen molar-refractivity contribution < 1.29 is 13.0 Å². The Balaban J connectivity index is 0. The van der Waals surface area contributed by atoms with Crippen LogP contribution in [0.4, 0.5) is 0 Å². The van der Waals surface area contributed by atoms with Crippen LogP contribution >= 0.6 is 10.7 Å². The van der Waals surface area contributed by atoms with Crippen LogP contribution in [0.2, 0.25) is 0 Å². The molecule has 6 heteroatoms. The molecule has 0 saturated carbocycles. The molecule has 0 saturated heterocycles. The fourth-order valence-electron chi connectivity index (χ4n) is 0. The van der Waals surface area contributed by atoms with E-state index >= 15 is 0 Å². The van der Waals surface area contributed by atoms with Crippen LogP contribution in [0.3, 0.4) is 0 Å². The van der Waals surface area contributed by atoms with E-state index in [1.165, 1.54) is 0 Å². The molecular weight excluding hydrogens is 166 g/mol. The summed E-state index contributed by atoms with van der Waals surface area (Å²) in [6.45, 7) is 3.89. The van der Waals surface area contributed by atoms with Crippen LogP contribution in [0.5, 0.6) is 0 Å². The minimum Gasteiger partial charge on any atom is -0.328 e. The average Bonchev–Trinajstić information content (AvgIpc) is 1.19. The fraction of sp³-hybridized carbons (Fsp3) is 1.00. The van der Waals surface area contributed by atoms with Crippen LogP contribution in [0.1, 0.15) is 13.8 Å². The topological polar surface area (TPSA) is 80.4 Å². The van der Waals surface area contributed by atoms with Crippen molar-refractivity contribution in [3.63, 3.8) is 0 Å². The van der Waals surface area contributed by atoms with E-state index in [1.807, 2.05) is 13.8 Å². The number of halogens is 1. The Morgan fingerprint density at radius 3 is 1.56 bits per heavy atom. The maximum Gasteiger partial charge on any atom is 0.353 e. The van der Waals surface area contributed by atoms with Crippen molar-refractivity contribution in [3.8, 4) is 0 Å². The van der Waals surface area contributed by atoms with Crippen LogP contribution in [0.15, 0.2) is 0 Å². The molecule has 0 bridgehead atoms. The fourth-order valence-corrected chi connectivity index (χ4v) is 0. The van der Waals surface area contributed by atoms with Gasteiger partial charge in [0.1, 0.15) is 0 Å². The Morgan fingerprint density at radius 2 is 1.56 bits per heavy atom. The zero-order valence-electron chi connectivity index (χ0n) is 5.20. The highest BCUT2D eigenvalue weighted by Crippen LogP contribution is 1.82. The molecule has 4 nitrogen and oxygen atoms in total. The highest BCUT2D eigenvalue weighted by molar-refractivity contribution is 8.09. The van der Waals surface area contributed by atoms with Crippen molar-refractivity contribution in [3.05, 3.63) is 0 Å². The number of rotatable bonds is 0. The van der Waals surface area contributed by atoms with E-state index in [-0.39, 0.29) is 0 Å². The predicted octanol–water partition coefficient (Wildman–Crippen LogP) is 0.382. The second-order valence-electron chi connectivity index (χ2n) is 1.66. The first-order chi connectivity index (χ1) is 3.73. The van der Waals surface area contributed by atoms with Gasteiger partial charge in [0.15, 0.2) is 0 Å². The van der Waals surface area contributed by atoms with Gasteiger partial charge in [0, 0.05) is 10.7 Å². The molecule has 0 aromatic heterocycles. The maximum absolute atomic E-state index is 8.95. The minimum absolute atomic E-state index is 0.333. The predicted molar refractivity (Wildman–Crippen MR) is 36.7 cm³/mol. The third-order valence-electron chi connectivity index (χ3n) is 0. The zero-order chi connectivity index (χ0) is 8.08. The van der Waals surface area contributed by atoms with E-state index in [1.54, 1.807) is 0 Å². The van der Waals surface area contributed by atoms with Gasteiger partial charge >= 0.3 is 9.33 Å². The van der Waals surface area contributed by atoms with Crippen molar-refractivity contribution in [1.29, 1.82) is 0 Å². The zero-order valence-corrected chi connectivity index (χ0v) is 6.78. The molecule has 0 radical (unpaired) electrons. The molecule has 0 atom stereocenters. The highest BCUT2D eigenvalue weighted by Gasteiger charge is 1.86. The van der Waals surface area contributed by atoms with Gasteiger partial charge in [-0.1, -0.05) is 13.8 Å². The van der Waals surface area contributed by atoms with Crippen LogP contribution in [-0.2, 0) is 9.33 Å². The van der Waals surface area contributed by atoms with Gasteiger partial charge in [-0.25, -0.2) is 0 Å². The van der Waals surface area contributed by atoms with Gasteiger partial charge < -0.3 is 5.73 Å². The second-order valence-corrected chi connectivity index (χ2v) is 3.65. The van der Waals surface area contributed by atoms with Crippen molar-refractivity contribution in [2.24, 2.45) is 5.73 Å². The Labute approximate surface area is 59.3 Å². The van der Waals surface area contributed by atoms with Crippen molar-refractivity contribution >= 4 is 20.0 Å². The van der Waals surface area contributed by atoms with E-state index in [9.17, 15) is 0 Å². The van der Waals surface area contributed by atoms with Gasteiger partial charge in [-0.15, -0.1) is 0 Å². The lowest BCUT2D eigenvalue weighted by atomic mass is 10.5. The van der Waals surface area contributed by atoms with E-state index in [4.69, 9.17) is 18.7 Å². The standard InChI is InChI=1S/C3H9N.ClHO3S/c1-3(2)4;1-5(2,3)4/h3H,4H2,1-2H3;(H,2,3,4). The lowest BCUT2D eigenvalue weighted by Crippen LogP contribution is -2.06. The third kappa shape index (κ3) is 12100. The van der Waals surface area contributed by atoms with Gasteiger partial charge in [-0.05, 0) is 6.04 Å². The summed E-state index contributed by atoms with van der Waals surface area (Å²) in [7, 11) is -0.137. The summed E-state index contributed by atoms with van der Waals surface area (Å²) in [4.78, 5) is 0. The summed E-state index contributed by atoms with van der Waals surface area (Å²) in [5.74, 6) is 0. The summed E-state index contributed by atoms with van der Waals surface area (Å²) in [6.07, 6.45) is 0. The Morgan fingerprint density at radius 1 is 1.56 bits per heavy atom. The molecular formula is C3H10ClNO3S. The molecule has 0 spiro atoms. The average molecular weight is 176 g/mol. The molecule has 0 rings (SSSR count). The number of hydrogen-bond donors (Lipinski definition) is 2. The minimum atomic E-state index is -4.19. The number of nitrogens with two attached hydrogens (primary N) is 1. The highest BCUT2D eigenvalue weighted by atomic mass is 35.7. The SMILES string of the molecule is CC(C)N.O=S(=O)(O)Cl. The molecule has 0 aromatic carbocycles. The van der Waals surface area contributed by atoms with Crippen molar-refractivity contribution in [2.45, 2.75) is 19.9 Å². The second kappa shape index (κ2) is 4.99. The molecule has 0 aliphatic heterocycles. The van der Waals surface area contributed by atoms with Gasteiger partial charge in [-0.2, -0.15) is 8.42 Å². The Hall–Kier alpha value is 0.160. The quantitative estimate of drug-likeness (QED) is 0.412. The lowest BCUT2D eigenvalue weighted by Gasteiger charge is -1.81. The molecule has 0 aliphatic rings. The van der Waals surface area contributed by atoms with E-state index in [2.05, 4.69) is 10.7 Å². The molecule has 0 amide bonds. The summed E-state index contributed by atoms with van der Waals surface area (Å²) in [5.41, 5.74) is 5.11.